The number of amides is 1. The van der Waals surface area contributed by atoms with E-state index in [2.05, 4.69) is 15.1 Å². The van der Waals surface area contributed by atoms with Gasteiger partial charge in [0, 0.05) is 19.6 Å². The first-order valence-electron chi connectivity index (χ1n) is 7.57. The molecule has 0 aromatic carbocycles. The topological polar surface area (TPSA) is 35.6 Å². The average Bonchev–Trinajstić information content (AvgIpc) is 3.11. The van der Waals surface area contributed by atoms with Crippen LogP contribution in [0.1, 0.15) is 32.1 Å². The Morgan fingerprint density at radius 2 is 1.80 bits per heavy atom. The van der Waals surface area contributed by atoms with Gasteiger partial charge in [0.25, 0.3) is 0 Å². The summed E-state index contributed by atoms with van der Waals surface area (Å²) in [5, 5.41) is 3.32. The number of carbonyl (C=O) groups is 1. The number of carbonyl (C=O) groups excluding carboxylic acids is 1. The molecule has 2 atom stereocenters. The first-order chi connectivity index (χ1) is 8.83. The van der Waals surface area contributed by atoms with Gasteiger partial charge in [-0.25, -0.2) is 0 Å². The molecule has 0 aromatic heterocycles. The van der Waals surface area contributed by atoms with Crippen molar-refractivity contribution >= 4 is 30.7 Å². The molecule has 0 spiro atoms. The smallest absolute Gasteiger partial charge is 0.239 e. The van der Waals surface area contributed by atoms with Crippen molar-refractivity contribution in [1.29, 1.82) is 0 Å². The fourth-order valence-electron chi connectivity index (χ4n) is 3.63. The van der Waals surface area contributed by atoms with Gasteiger partial charge in [-0.15, -0.1) is 24.8 Å². The number of nitrogens with zero attached hydrogens (tertiary/aromatic N) is 2. The molecule has 0 saturated carbocycles. The molecule has 3 aliphatic heterocycles. The van der Waals surface area contributed by atoms with Gasteiger partial charge in [0.2, 0.25) is 5.91 Å². The van der Waals surface area contributed by atoms with Gasteiger partial charge in [0.05, 0.1) is 6.04 Å². The van der Waals surface area contributed by atoms with Crippen molar-refractivity contribution < 1.29 is 4.79 Å². The molecule has 0 aromatic rings. The van der Waals surface area contributed by atoms with Gasteiger partial charge >= 0.3 is 0 Å². The molecule has 3 aliphatic rings. The van der Waals surface area contributed by atoms with E-state index in [9.17, 15) is 4.79 Å². The number of nitrogens with one attached hydrogen (secondary N) is 1. The Balaban J connectivity index is 0.000001000. The highest BCUT2D eigenvalue weighted by Crippen LogP contribution is 2.21. The molecule has 6 heteroatoms. The van der Waals surface area contributed by atoms with Crippen molar-refractivity contribution in [1.82, 2.24) is 15.1 Å². The summed E-state index contributed by atoms with van der Waals surface area (Å²) in [6, 6.07) is 0.121. The highest BCUT2D eigenvalue weighted by Gasteiger charge is 2.32. The van der Waals surface area contributed by atoms with E-state index >= 15 is 0 Å². The molecule has 1 N–H and O–H groups in total. The molecule has 118 valence electrons. The molecule has 3 heterocycles. The zero-order valence-corrected chi connectivity index (χ0v) is 13.7. The van der Waals surface area contributed by atoms with E-state index in [1.807, 2.05) is 0 Å². The van der Waals surface area contributed by atoms with Crippen LogP contribution in [0.5, 0.6) is 0 Å². The van der Waals surface area contributed by atoms with Crippen molar-refractivity contribution in [3.63, 3.8) is 0 Å². The summed E-state index contributed by atoms with van der Waals surface area (Å²) >= 11 is 0. The Morgan fingerprint density at radius 3 is 2.45 bits per heavy atom. The normalized spacial score (nSPS) is 30.1. The minimum Gasteiger partial charge on any atom is -0.341 e. The molecule has 3 fully saturated rings. The minimum atomic E-state index is 0. The van der Waals surface area contributed by atoms with E-state index in [4.69, 9.17) is 0 Å². The maximum absolute atomic E-state index is 12.3. The Morgan fingerprint density at radius 1 is 1.05 bits per heavy atom. The molecule has 3 saturated heterocycles. The lowest BCUT2D eigenvalue weighted by atomic mass is 10.1. The summed E-state index contributed by atoms with van der Waals surface area (Å²) in [7, 11) is 0. The number of hydrogen-bond acceptors (Lipinski definition) is 3. The van der Waals surface area contributed by atoms with Crippen LogP contribution in [0.3, 0.4) is 0 Å². The molecule has 3 rings (SSSR count). The average molecular weight is 324 g/mol. The van der Waals surface area contributed by atoms with Gasteiger partial charge in [0.15, 0.2) is 0 Å². The van der Waals surface area contributed by atoms with Crippen molar-refractivity contribution in [3.8, 4) is 0 Å². The number of halogens is 2. The van der Waals surface area contributed by atoms with Crippen LogP contribution in [0, 0.1) is 5.92 Å². The van der Waals surface area contributed by atoms with Crippen LogP contribution in [-0.2, 0) is 4.79 Å². The summed E-state index contributed by atoms with van der Waals surface area (Å²) < 4.78 is 0. The zero-order valence-electron chi connectivity index (χ0n) is 12.1. The fourth-order valence-corrected chi connectivity index (χ4v) is 3.63. The number of hydrogen-bond donors (Lipinski definition) is 1. The van der Waals surface area contributed by atoms with Crippen molar-refractivity contribution in [2.24, 2.45) is 5.92 Å². The molecule has 1 amide bonds. The predicted molar refractivity (Wildman–Crippen MR) is 85.9 cm³/mol. The largest absolute Gasteiger partial charge is 0.341 e. The summed E-state index contributed by atoms with van der Waals surface area (Å²) in [6.07, 6.45) is 6.12. The van der Waals surface area contributed by atoms with Gasteiger partial charge in [-0.1, -0.05) is 0 Å². The van der Waals surface area contributed by atoms with Crippen LogP contribution >= 0.6 is 24.8 Å². The number of rotatable bonds is 3. The van der Waals surface area contributed by atoms with Crippen molar-refractivity contribution in [3.05, 3.63) is 0 Å². The molecule has 20 heavy (non-hydrogen) atoms. The Hall–Kier alpha value is -0.0300. The molecular formula is C14H27Cl2N3O. The molecule has 0 bridgehead atoms. The van der Waals surface area contributed by atoms with Crippen LogP contribution in [0.25, 0.3) is 0 Å². The summed E-state index contributed by atoms with van der Waals surface area (Å²) in [6.45, 7) is 6.75. The van der Waals surface area contributed by atoms with Gasteiger partial charge in [-0.3, -0.25) is 4.79 Å². The second-order valence-corrected chi connectivity index (χ2v) is 6.10. The molecule has 4 nitrogen and oxygen atoms in total. The third-order valence-electron chi connectivity index (χ3n) is 4.67. The first-order valence-corrected chi connectivity index (χ1v) is 7.57. The third kappa shape index (κ3) is 4.23. The van der Waals surface area contributed by atoms with E-state index in [0.717, 1.165) is 32.5 Å². The summed E-state index contributed by atoms with van der Waals surface area (Å²) in [5.41, 5.74) is 0. The van der Waals surface area contributed by atoms with Gasteiger partial charge < -0.3 is 15.1 Å². The SMILES string of the molecule is Cl.Cl.O=C(C1CCCN1)N1CCC(CN2CCCC2)C1. The third-order valence-corrected chi connectivity index (χ3v) is 4.67. The Bertz CT molecular complexity index is 305. The standard InChI is InChI=1S/C14H25N3O.2ClH/c18-14(13-4-3-6-15-13)17-9-5-12(11-17)10-16-7-1-2-8-16;;/h12-13,15H,1-11H2;2*1H. The minimum absolute atomic E-state index is 0. The van der Waals surface area contributed by atoms with Crippen LogP contribution in [-0.4, -0.2) is 61.0 Å². The zero-order chi connectivity index (χ0) is 12.4. The van der Waals surface area contributed by atoms with E-state index in [1.165, 1.54) is 38.9 Å². The maximum Gasteiger partial charge on any atom is 0.239 e. The second-order valence-electron chi connectivity index (χ2n) is 6.10. The van der Waals surface area contributed by atoms with E-state index in [0.29, 0.717) is 11.8 Å². The Labute approximate surface area is 134 Å². The molecule has 2 unspecified atom stereocenters. The number of likely N-dealkylation sites (tertiary alicyclic amines) is 2. The predicted octanol–water partition coefficient (Wildman–Crippen LogP) is 1.53. The highest BCUT2D eigenvalue weighted by atomic mass is 35.5. The van der Waals surface area contributed by atoms with Crippen LogP contribution in [0.15, 0.2) is 0 Å². The van der Waals surface area contributed by atoms with Crippen LogP contribution in [0.4, 0.5) is 0 Å². The molecule has 0 radical (unpaired) electrons. The van der Waals surface area contributed by atoms with Gasteiger partial charge in [-0.2, -0.15) is 0 Å². The summed E-state index contributed by atoms with van der Waals surface area (Å²) in [5.74, 6) is 1.07. The first kappa shape index (κ1) is 18.0. The van der Waals surface area contributed by atoms with Gasteiger partial charge in [0.1, 0.15) is 0 Å². The fraction of sp³-hybridized carbons (Fsp3) is 0.929. The second kappa shape index (κ2) is 8.42. The molecular weight excluding hydrogens is 297 g/mol. The Kier molecular flexibility index (Phi) is 7.59. The van der Waals surface area contributed by atoms with Crippen LogP contribution < -0.4 is 5.32 Å². The van der Waals surface area contributed by atoms with E-state index < -0.39 is 0 Å². The van der Waals surface area contributed by atoms with Crippen molar-refractivity contribution in [2.45, 2.75) is 38.1 Å². The van der Waals surface area contributed by atoms with Crippen LogP contribution in [0.2, 0.25) is 0 Å². The quantitative estimate of drug-likeness (QED) is 0.855. The molecule has 0 aliphatic carbocycles. The van der Waals surface area contributed by atoms with Gasteiger partial charge in [-0.05, 0) is 57.7 Å². The lowest BCUT2D eigenvalue weighted by Crippen LogP contribution is -2.42. The lowest BCUT2D eigenvalue weighted by molar-refractivity contribution is -0.132. The van der Waals surface area contributed by atoms with E-state index in [-0.39, 0.29) is 30.9 Å². The summed E-state index contributed by atoms with van der Waals surface area (Å²) in [4.78, 5) is 17.0. The van der Waals surface area contributed by atoms with Crippen molar-refractivity contribution in [2.75, 3.05) is 39.3 Å². The maximum atomic E-state index is 12.3. The highest BCUT2D eigenvalue weighted by molar-refractivity contribution is 5.85. The van der Waals surface area contributed by atoms with E-state index in [1.54, 1.807) is 0 Å². The lowest BCUT2D eigenvalue weighted by Gasteiger charge is -2.22. The monoisotopic (exact) mass is 323 g/mol.